The fourth-order valence-electron chi connectivity index (χ4n) is 6.61. The molecule has 0 bridgehead atoms. The largest absolute Gasteiger partial charge is 0.667 e. The van der Waals surface area contributed by atoms with E-state index in [1.165, 1.54) is 32.5 Å². The highest BCUT2D eigenvalue weighted by molar-refractivity contribution is 6.67. The topological polar surface area (TPSA) is 230 Å². The number of rotatable bonds is 9. The minimum atomic E-state index is -1.80. The van der Waals surface area contributed by atoms with Crippen LogP contribution < -0.4 is 4.68 Å². The summed E-state index contributed by atoms with van der Waals surface area (Å²) in [5.41, 5.74) is 6.27. The molecule has 0 unspecified atom stereocenters. The number of aliphatic hydroxyl groups is 1. The Morgan fingerprint density at radius 1 is 0.500 bits per heavy atom. The first-order valence-electron chi connectivity index (χ1n) is 36.0. The van der Waals surface area contributed by atoms with Crippen molar-refractivity contribution in [2.24, 2.45) is 10.5 Å². The van der Waals surface area contributed by atoms with E-state index in [9.17, 15) is 9.59 Å². The maximum Gasteiger partial charge on any atom is 0.667 e. The lowest BCUT2D eigenvalue weighted by Crippen LogP contribution is -2.66. The summed E-state index contributed by atoms with van der Waals surface area (Å²) in [6, 6.07) is 46.3. The number of carbonyl (C=O) groups excluding carboxylic acids is 1. The molecule has 0 fully saturated rings. The molecular formula is C80H133BN15O4+. The second-order valence-corrected chi connectivity index (χ2v) is 18.1. The second kappa shape index (κ2) is 73.3. The third-order valence-corrected chi connectivity index (χ3v) is 11.4. The molecule has 0 radical (unpaired) electrons. The Labute approximate surface area is 605 Å². The average molecular weight is 1380 g/mol. The molecule has 100 heavy (non-hydrogen) atoms. The van der Waals surface area contributed by atoms with Gasteiger partial charge in [0.15, 0.2) is 5.78 Å². The van der Waals surface area contributed by atoms with Crippen molar-refractivity contribution in [2.75, 3.05) is 0 Å². The zero-order valence-corrected chi connectivity index (χ0v) is 67.0. The lowest BCUT2D eigenvalue weighted by molar-refractivity contribution is -0.655. The van der Waals surface area contributed by atoms with Gasteiger partial charge in [-0.15, -0.1) is 0 Å². The number of aromatic carboxylic acids is 1. The van der Waals surface area contributed by atoms with E-state index < -0.39 is 12.7 Å². The highest BCUT2D eigenvalue weighted by Crippen LogP contribution is 2.18. The van der Waals surface area contributed by atoms with E-state index in [1.807, 2.05) is 328 Å². The molecule has 0 saturated heterocycles. The molecule has 0 aliphatic carbocycles. The molecule has 0 atom stereocenters. The molecular weight excluding hydrogens is 1250 g/mol. The molecule has 11 rings (SSSR count). The monoisotopic (exact) mass is 1380 g/mol. The van der Waals surface area contributed by atoms with Crippen molar-refractivity contribution >= 4 is 30.9 Å². The van der Waals surface area contributed by atoms with Gasteiger partial charge in [0.05, 0.1) is 41.7 Å². The molecule has 1 aliphatic rings. The van der Waals surface area contributed by atoms with Gasteiger partial charge in [0, 0.05) is 72.7 Å². The first kappa shape index (κ1) is 104. The molecule has 20 heteroatoms. The fraction of sp³-hybridized carbons (Fsp3) is 0.400. The number of hydrogen-bond acceptors (Lipinski definition) is 11. The lowest BCUT2D eigenvalue weighted by atomic mass is 9.75. The Morgan fingerprint density at radius 3 is 1.19 bits per heavy atom. The number of nitrogens with zero attached hydrogens (tertiary/aromatic N) is 13. The second-order valence-electron chi connectivity index (χ2n) is 18.1. The minimum absolute atomic E-state index is 0.0787. The number of aliphatic hydroxyl groups excluding tert-OH is 1. The van der Waals surface area contributed by atoms with Crippen molar-refractivity contribution in [3.8, 4) is 28.3 Å². The summed E-state index contributed by atoms with van der Waals surface area (Å²) >= 11 is 0. The highest BCUT2D eigenvalue weighted by atomic mass is 16.4. The molecule has 9 heterocycles. The van der Waals surface area contributed by atoms with Gasteiger partial charge in [-0.05, 0) is 105 Å². The number of aromatic nitrogens is 13. The van der Waals surface area contributed by atoms with E-state index in [1.54, 1.807) is 50.0 Å². The Morgan fingerprint density at radius 2 is 0.910 bits per heavy atom. The van der Waals surface area contributed by atoms with Crippen LogP contribution in [0.1, 0.15) is 224 Å². The van der Waals surface area contributed by atoms with Crippen LogP contribution in [0.25, 0.3) is 28.3 Å². The lowest BCUT2D eigenvalue weighted by Gasteiger charge is -2.32. The highest BCUT2D eigenvalue weighted by Gasteiger charge is 2.52. The predicted octanol–water partition coefficient (Wildman–Crippen LogP) is 21.6. The van der Waals surface area contributed by atoms with Crippen molar-refractivity contribution in [3.63, 3.8) is 0 Å². The van der Waals surface area contributed by atoms with Crippen LogP contribution >= 0.6 is 0 Å². The number of nitrogens with one attached hydrogen (secondary N) is 2. The van der Waals surface area contributed by atoms with Crippen LogP contribution in [0.4, 0.5) is 0 Å². The molecule has 4 N–H and O–H groups in total. The number of hydrogen-bond donors (Lipinski definition) is 4. The molecule has 0 spiro atoms. The zero-order chi connectivity index (χ0) is 78.0. The number of Topliss-reactive ketones (excluding diaryl/α,β-unsaturated/α-hetero) is 1. The summed E-state index contributed by atoms with van der Waals surface area (Å²) in [5.74, 6) is -0.960. The molecule has 2 aromatic carbocycles. The first-order chi connectivity index (χ1) is 48.7. The van der Waals surface area contributed by atoms with Gasteiger partial charge in [0.25, 0.3) is 0 Å². The number of H-pyrrole nitrogens is 2. The number of carbonyl (C=O) groups is 2. The summed E-state index contributed by atoms with van der Waals surface area (Å²) in [6.45, 7) is 55.7. The number of benzene rings is 2. The van der Waals surface area contributed by atoms with Crippen molar-refractivity contribution in [1.29, 1.82) is 0 Å². The van der Waals surface area contributed by atoms with Crippen molar-refractivity contribution in [3.05, 3.63) is 237 Å². The maximum atomic E-state index is 10.4. The van der Waals surface area contributed by atoms with Crippen LogP contribution in [-0.2, 0) is 4.79 Å². The van der Waals surface area contributed by atoms with E-state index in [0.29, 0.717) is 11.0 Å². The molecule has 0 amide bonds. The number of allylic oxidation sites excluding steroid dienone is 2. The van der Waals surface area contributed by atoms with E-state index in [0.717, 1.165) is 34.8 Å². The third kappa shape index (κ3) is 44.0. The van der Waals surface area contributed by atoms with Crippen LogP contribution in [-0.4, -0.2) is 105 Å². The Hall–Kier alpha value is -9.98. The SMILES string of the molecule is C1=N[N+]([B-](n2cccn2)(n2cccn2)n2cccn2)=CC1.CC.CC.CC.CC.CC.CC.CC.CC.CC.CC.CC.CC(=O)/C(C)=C(/C)O.CCC(C)(C)C.O=C(O)c1ccccn1.c1ccc(-[n+]2ccc[nH]2)cc1.c1ccc(-c2ccccn2)cc1.c1ccc(-c2ccn[nH]2)nc1. The number of carboxylic acid groups (broad SMARTS) is 1. The molecule has 554 valence electrons. The summed E-state index contributed by atoms with van der Waals surface area (Å²) < 4.78 is 9.32. The average Bonchev–Trinajstić information content (AvgIpc) is 1.55. The smallest absolute Gasteiger partial charge is 0.512 e. The van der Waals surface area contributed by atoms with E-state index in [-0.39, 0.29) is 17.2 Å². The van der Waals surface area contributed by atoms with Crippen LogP contribution in [0.3, 0.4) is 0 Å². The van der Waals surface area contributed by atoms with Gasteiger partial charge in [-0.1, -0.05) is 263 Å². The van der Waals surface area contributed by atoms with Gasteiger partial charge in [-0.3, -0.25) is 19.9 Å². The summed E-state index contributed by atoms with van der Waals surface area (Å²) in [5, 5.41) is 44.5. The number of aromatic amines is 2. The predicted molar refractivity (Wildman–Crippen MR) is 429 cm³/mol. The standard InChI is InChI=1S/C12H13BN8.C11H9N.C9H8N2.C8H7N3.C6H5NO2.C6H10O2.C6H14.11C2H6/c1-5-14-18(9-1)13(19-10-2-6-15-19,20-11-3-7-16-20)21-12-4-8-17-21;1-2-6-10(7-3-1)11-8-4-5-9-12-11;1-2-5-9(6-3-1)11-8-4-7-10-11;1-2-5-9-7(3-1)8-4-6-10-11-8;8-6(9)5-3-1-2-4-7-5;1-4(5(2)7)6(3)8;1-5-6(2,3)4;11*1-2/h1-3,5-12H,4H2;1-9H;1-8H;1-6H,(H,10,11);1-4H,(H,8,9);7H,1-3H3;5H2,1-4H3;11*1-2H3/p+1/b;;;;;5-4-;;;;;;;;;;;;. The number of ketones is 1. The van der Waals surface area contributed by atoms with Gasteiger partial charge < -0.3 is 24.0 Å². The van der Waals surface area contributed by atoms with Gasteiger partial charge >= 0.3 is 12.7 Å². The molecule has 1 aliphatic heterocycles. The molecule has 8 aromatic heterocycles. The van der Waals surface area contributed by atoms with Crippen molar-refractivity contribution in [2.45, 2.75) is 214 Å². The maximum absolute atomic E-state index is 10.4. The summed E-state index contributed by atoms with van der Waals surface area (Å²) in [6.07, 6.45) is 27.4. The molecule has 0 saturated carbocycles. The van der Waals surface area contributed by atoms with Crippen molar-refractivity contribution in [1.82, 2.24) is 59.3 Å². The van der Waals surface area contributed by atoms with Gasteiger partial charge in [-0.25, -0.2) is 29.7 Å². The number of hydrazone groups is 1. The summed E-state index contributed by atoms with van der Waals surface area (Å²) in [4.78, 5) is 32.5. The van der Waals surface area contributed by atoms with Crippen molar-refractivity contribution < 1.29 is 29.1 Å². The Kier molecular flexibility index (Phi) is 75.8. The number of carboxylic acids is 1. The quantitative estimate of drug-likeness (QED) is 0.0459. The van der Waals surface area contributed by atoms with E-state index in [2.05, 4.69) is 103 Å². The Balaban J connectivity index is -0.000000197. The number of para-hydroxylation sites is 1. The molecule has 10 aromatic rings. The van der Waals surface area contributed by atoms with Gasteiger partial charge in [-0.2, -0.15) is 10.2 Å². The minimum Gasteiger partial charge on any atom is -0.512 e. The fourth-order valence-corrected chi connectivity index (χ4v) is 6.61. The van der Waals surface area contributed by atoms with Crippen LogP contribution in [0.5, 0.6) is 0 Å². The first-order valence-corrected chi connectivity index (χ1v) is 36.0. The van der Waals surface area contributed by atoms with Gasteiger partial charge in [0.1, 0.15) is 11.9 Å². The van der Waals surface area contributed by atoms with Crippen LogP contribution in [0.15, 0.2) is 236 Å². The van der Waals surface area contributed by atoms with Gasteiger partial charge in [0.2, 0.25) is 11.9 Å². The molecule has 19 nitrogen and oxygen atoms in total. The zero-order valence-electron chi connectivity index (χ0n) is 67.0. The third-order valence-electron chi connectivity index (χ3n) is 11.4. The summed E-state index contributed by atoms with van der Waals surface area (Å²) in [7, 11) is 0. The van der Waals surface area contributed by atoms with E-state index >= 15 is 0 Å². The number of pyridine rings is 3. The van der Waals surface area contributed by atoms with Crippen LogP contribution in [0.2, 0.25) is 0 Å². The van der Waals surface area contributed by atoms with Crippen LogP contribution in [0, 0.1) is 5.41 Å². The Bertz CT molecular complexity index is 3090. The van der Waals surface area contributed by atoms with E-state index in [4.69, 9.17) is 10.2 Å². The normalized spacial score (nSPS) is 9.59.